The molecule has 0 atom stereocenters. The highest BCUT2D eigenvalue weighted by molar-refractivity contribution is 5.91. The van der Waals surface area contributed by atoms with Crippen molar-refractivity contribution in [1.29, 1.82) is 0 Å². The van der Waals surface area contributed by atoms with Gasteiger partial charge >= 0.3 is 0 Å². The third-order valence-corrected chi connectivity index (χ3v) is 2.21. The molecule has 0 bridgehead atoms. The van der Waals surface area contributed by atoms with E-state index < -0.39 is 0 Å². The van der Waals surface area contributed by atoms with E-state index in [1.54, 1.807) is 0 Å². The summed E-state index contributed by atoms with van der Waals surface area (Å²) in [6.07, 6.45) is 0. The molecule has 1 heterocycles. The molecule has 0 aliphatic carbocycles. The van der Waals surface area contributed by atoms with Crippen molar-refractivity contribution in [1.82, 2.24) is 10.2 Å². The van der Waals surface area contributed by atoms with Crippen LogP contribution in [0.2, 0.25) is 0 Å². The lowest BCUT2D eigenvalue weighted by molar-refractivity contribution is 1.13. The van der Waals surface area contributed by atoms with E-state index in [0.717, 1.165) is 16.6 Å². The van der Waals surface area contributed by atoms with E-state index in [-0.39, 0.29) is 0 Å². The Morgan fingerprint density at radius 2 is 2.23 bits per heavy atom. The van der Waals surface area contributed by atoms with Crippen molar-refractivity contribution in [3.8, 4) is 0 Å². The van der Waals surface area contributed by atoms with Gasteiger partial charge in [-0.1, -0.05) is 0 Å². The Labute approximate surface area is 76.1 Å². The molecule has 0 unspecified atom stereocenters. The van der Waals surface area contributed by atoms with Crippen LogP contribution >= 0.6 is 0 Å². The second-order valence-corrected chi connectivity index (χ2v) is 3.07. The second kappa shape index (κ2) is 2.65. The van der Waals surface area contributed by atoms with Crippen LogP contribution in [-0.2, 0) is 0 Å². The molecule has 68 valence electrons. The summed E-state index contributed by atoms with van der Waals surface area (Å²) in [4.78, 5) is 0. The Morgan fingerprint density at radius 1 is 1.46 bits per heavy atom. The number of nitrogen functional groups attached to an aromatic ring is 1. The molecule has 0 saturated heterocycles. The first kappa shape index (κ1) is 7.91. The van der Waals surface area contributed by atoms with Gasteiger partial charge in [0.25, 0.3) is 0 Å². The van der Waals surface area contributed by atoms with Crippen molar-refractivity contribution in [3.05, 3.63) is 17.7 Å². The van der Waals surface area contributed by atoms with Crippen LogP contribution in [0.5, 0.6) is 0 Å². The van der Waals surface area contributed by atoms with Gasteiger partial charge in [-0.05, 0) is 24.6 Å². The Hall–Kier alpha value is -1.71. The van der Waals surface area contributed by atoms with Crippen LogP contribution in [-0.4, -0.2) is 17.2 Å². The molecule has 4 N–H and O–H groups in total. The second-order valence-electron chi connectivity index (χ2n) is 3.07. The van der Waals surface area contributed by atoms with Gasteiger partial charge in [0.15, 0.2) is 5.82 Å². The number of nitrogens with one attached hydrogen (secondary N) is 2. The van der Waals surface area contributed by atoms with Crippen molar-refractivity contribution in [2.24, 2.45) is 0 Å². The van der Waals surface area contributed by atoms with E-state index in [2.05, 4.69) is 15.5 Å². The number of aromatic nitrogens is 2. The summed E-state index contributed by atoms with van der Waals surface area (Å²) in [5.41, 5.74) is 8.90. The molecule has 1 aromatic heterocycles. The molecular formula is C9H12N4. The lowest BCUT2D eigenvalue weighted by Crippen LogP contribution is -1.91. The SMILES string of the molecule is CNc1cc2[nH]nc(N)c2cc1C. The van der Waals surface area contributed by atoms with E-state index in [1.807, 2.05) is 26.1 Å². The summed E-state index contributed by atoms with van der Waals surface area (Å²) in [7, 11) is 1.90. The third-order valence-electron chi connectivity index (χ3n) is 2.21. The highest BCUT2D eigenvalue weighted by atomic mass is 15.1. The normalized spacial score (nSPS) is 10.6. The van der Waals surface area contributed by atoms with Gasteiger partial charge in [0.2, 0.25) is 0 Å². The maximum atomic E-state index is 5.67. The predicted molar refractivity (Wildman–Crippen MR) is 54.8 cm³/mol. The van der Waals surface area contributed by atoms with Crippen LogP contribution in [0.25, 0.3) is 10.9 Å². The van der Waals surface area contributed by atoms with Crippen molar-refractivity contribution in [2.45, 2.75) is 6.92 Å². The first-order valence-corrected chi connectivity index (χ1v) is 4.14. The molecule has 0 saturated carbocycles. The zero-order valence-electron chi connectivity index (χ0n) is 7.68. The van der Waals surface area contributed by atoms with Gasteiger partial charge in [0, 0.05) is 18.1 Å². The molecule has 0 radical (unpaired) electrons. The maximum Gasteiger partial charge on any atom is 0.153 e. The molecule has 0 amide bonds. The molecule has 0 aliphatic rings. The Kier molecular flexibility index (Phi) is 1.62. The molecule has 0 aliphatic heterocycles. The highest BCUT2D eigenvalue weighted by Gasteiger charge is 2.04. The van der Waals surface area contributed by atoms with Gasteiger partial charge in [0.1, 0.15) is 0 Å². The molecular weight excluding hydrogens is 164 g/mol. The van der Waals surface area contributed by atoms with Gasteiger partial charge in [0.05, 0.1) is 5.52 Å². The first-order valence-electron chi connectivity index (χ1n) is 4.14. The fraction of sp³-hybridized carbons (Fsp3) is 0.222. The minimum absolute atomic E-state index is 0.556. The zero-order valence-corrected chi connectivity index (χ0v) is 7.68. The number of aryl methyl sites for hydroxylation is 1. The molecule has 2 aromatic rings. The van der Waals surface area contributed by atoms with E-state index in [4.69, 9.17) is 5.73 Å². The lowest BCUT2D eigenvalue weighted by atomic mass is 10.1. The van der Waals surface area contributed by atoms with Gasteiger partial charge in [-0.25, -0.2) is 0 Å². The van der Waals surface area contributed by atoms with Crippen LogP contribution in [0.4, 0.5) is 11.5 Å². The predicted octanol–water partition coefficient (Wildman–Crippen LogP) is 1.50. The average molecular weight is 176 g/mol. The summed E-state index contributed by atoms with van der Waals surface area (Å²) < 4.78 is 0. The van der Waals surface area contributed by atoms with Crippen molar-refractivity contribution >= 4 is 22.4 Å². The minimum atomic E-state index is 0.556. The van der Waals surface area contributed by atoms with Crippen LogP contribution in [0, 0.1) is 6.92 Å². The molecule has 0 fully saturated rings. The molecule has 4 heteroatoms. The summed E-state index contributed by atoms with van der Waals surface area (Å²) >= 11 is 0. The smallest absolute Gasteiger partial charge is 0.153 e. The fourth-order valence-electron chi connectivity index (χ4n) is 1.46. The molecule has 13 heavy (non-hydrogen) atoms. The standard InChI is InChI=1S/C9H12N4/c1-5-3-6-8(4-7(5)11-2)12-13-9(6)10/h3-4,11H,1-2H3,(H3,10,12,13). The van der Waals surface area contributed by atoms with Gasteiger partial charge in [-0.15, -0.1) is 0 Å². The van der Waals surface area contributed by atoms with Crippen molar-refractivity contribution in [2.75, 3.05) is 18.1 Å². The van der Waals surface area contributed by atoms with Crippen molar-refractivity contribution in [3.63, 3.8) is 0 Å². The van der Waals surface area contributed by atoms with Crippen LogP contribution in [0.3, 0.4) is 0 Å². The molecule has 0 spiro atoms. The molecule has 4 nitrogen and oxygen atoms in total. The monoisotopic (exact) mass is 176 g/mol. The Balaban J connectivity index is 2.76. The number of aromatic amines is 1. The summed E-state index contributed by atoms with van der Waals surface area (Å²) in [5.74, 6) is 0.556. The van der Waals surface area contributed by atoms with Gasteiger partial charge < -0.3 is 11.1 Å². The Bertz CT molecular complexity index is 444. The van der Waals surface area contributed by atoms with Gasteiger partial charge in [-0.2, -0.15) is 5.10 Å². The van der Waals surface area contributed by atoms with Crippen molar-refractivity contribution < 1.29 is 0 Å². The number of anilines is 2. The largest absolute Gasteiger partial charge is 0.388 e. The number of nitrogens with zero attached hydrogens (tertiary/aromatic N) is 1. The first-order chi connectivity index (χ1) is 6.22. The van der Waals surface area contributed by atoms with E-state index in [1.165, 1.54) is 5.56 Å². The zero-order chi connectivity index (χ0) is 9.42. The highest BCUT2D eigenvalue weighted by Crippen LogP contribution is 2.24. The van der Waals surface area contributed by atoms with Crippen LogP contribution < -0.4 is 11.1 Å². The average Bonchev–Trinajstić information content (AvgIpc) is 2.47. The summed E-state index contributed by atoms with van der Waals surface area (Å²) in [5, 5.41) is 10.9. The summed E-state index contributed by atoms with van der Waals surface area (Å²) in [6.45, 7) is 2.04. The number of fused-ring (bicyclic) bond motifs is 1. The minimum Gasteiger partial charge on any atom is -0.388 e. The molecule has 2 rings (SSSR count). The maximum absolute atomic E-state index is 5.67. The van der Waals surface area contributed by atoms with E-state index in [0.29, 0.717) is 5.82 Å². The topological polar surface area (TPSA) is 66.7 Å². The number of hydrogen-bond donors (Lipinski definition) is 3. The number of hydrogen-bond acceptors (Lipinski definition) is 3. The lowest BCUT2D eigenvalue weighted by Gasteiger charge is -2.04. The Morgan fingerprint density at radius 3 is 2.92 bits per heavy atom. The fourth-order valence-corrected chi connectivity index (χ4v) is 1.46. The van der Waals surface area contributed by atoms with E-state index in [9.17, 15) is 0 Å². The van der Waals surface area contributed by atoms with Gasteiger partial charge in [-0.3, -0.25) is 5.10 Å². The summed E-state index contributed by atoms with van der Waals surface area (Å²) in [6, 6.07) is 4.04. The van der Waals surface area contributed by atoms with E-state index >= 15 is 0 Å². The third kappa shape index (κ3) is 1.11. The number of rotatable bonds is 1. The molecule has 1 aromatic carbocycles. The number of nitrogens with two attached hydrogens (primary N) is 1. The quantitative estimate of drug-likeness (QED) is 0.616. The van der Waals surface area contributed by atoms with Crippen LogP contribution in [0.1, 0.15) is 5.56 Å². The number of benzene rings is 1. The van der Waals surface area contributed by atoms with Crippen LogP contribution in [0.15, 0.2) is 12.1 Å². The number of H-pyrrole nitrogens is 1.